The van der Waals surface area contributed by atoms with Crippen molar-refractivity contribution in [3.8, 4) is 5.69 Å². The molecule has 0 aliphatic rings. The number of aromatic nitrogens is 5. The lowest BCUT2D eigenvalue weighted by molar-refractivity contribution is 0.0996. The van der Waals surface area contributed by atoms with E-state index >= 15 is 0 Å². The van der Waals surface area contributed by atoms with Crippen LogP contribution in [0.5, 0.6) is 0 Å². The summed E-state index contributed by atoms with van der Waals surface area (Å²) < 4.78 is 16.6. The molecule has 0 unspecified atom stereocenters. The van der Waals surface area contributed by atoms with Gasteiger partial charge in [0.05, 0.1) is 16.9 Å². The zero-order chi connectivity index (χ0) is 16.6. The van der Waals surface area contributed by atoms with E-state index in [4.69, 9.17) is 17.3 Å². The lowest BCUT2D eigenvalue weighted by Crippen LogP contribution is -2.14. The molecule has 0 bridgehead atoms. The minimum Gasteiger partial charge on any atom is -0.364 e. The van der Waals surface area contributed by atoms with Crippen molar-refractivity contribution in [2.75, 3.05) is 5.32 Å². The lowest BCUT2D eigenvalue weighted by atomic mass is 10.3. The molecule has 3 aromatic rings. The van der Waals surface area contributed by atoms with Crippen LogP contribution in [-0.4, -0.2) is 30.5 Å². The highest BCUT2D eigenvalue weighted by Gasteiger charge is 2.19. The van der Waals surface area contributed by atoms with Crippen molar-refractivity contribution in [3.63, 3.8) is 0 Å². The van der Waals surface area contributed by atoms with E-state index in [1.807, 2.05) is 0 Å². The van der Waals surface area contributed by atoms with E-state index in [0.717, 1.165) is 4.68 Å². The number of para-hydroxylation sites is 1. The van der Waals surface area contributed by atoms with Gasteiger partial charge < -0.3 is 11.1 Å². The number of anilines is 2. The summed E-state index contributed by atoms with van der Waals surface area (Å²) in [5, 5.41) is 10.9. The standard InChI is InChI=1S/C13H11ClFN7O/c1-21-13(17-6-18-21)19-9-5-22(20-10(9)12(16)23)11-7(14)3-2-4-8(11)15/h2-6H,1H3,(H2,16,23)(H,17,18,19). The third-order valence-electron chi connectivity index (χ3n) is 3.07. The number of aryl methyl sites for hydroxylation is 1. The van der Waals surface area contributed by atoms with Gasteiger partial charge in [-0.1, -0.05) is 17.7 Å². The number of amides is 1. The van der Waals surface area contributed by atoms with E-state index in [9.17, 15) is 9.18 Å². The Labute approximate surface area is 134 Å². The molecule has 0 spiro atoms. The Morgan fingerprint density at radius 1 is 1.43 bits per heavy atom. The number of primary amides is 1. The van der Waals surface area contributed by atoms with Crippen LogP contribution in [0.1, 0.15) is 10.5 Å². The molecule has 0 saturated heterocycles. The molecule has 0 saturated carbocycles. The number of hydrogen-bond donors (Lipinski definition) is 2. The van der Waals surface area contributed by atoms with Crippen LogP contribution in [0.25, 0.3) is 5.69 Å². The summed E-state index contributed by atoms with van der Waals surface area (Å²) in [6.45, 7) is 0. The molecule has 0 aliphatic carbocycles. The SMILES string of the molecule is Cn1ncnc1Nc1cn(-c2c(F)cccc2Cl)nc1C(N)=O. The fourth-order valence-corrected chi connectivity index (χ4v) is 2.25. The molecular formula is C13H11ClFN7O. The van der Waals surface area contributed by atoms with Crippen LogP contribution < -0.4 is 11.1 Å². The average molecular weight is 336 g/mol. The van der Waals surface area contributed by atoms with Gasteiger partial charge in [0.15, 0.2) is 5.69 Å². The van der Waals surface area contributed by atoms with Crippen LogP contribution in [0.3, 0.4) is 0 Å². The zero-order valence-electron chi connectivity index (χ0n) is 11.9. The minimum atomic E-state index is -0.777. The number of rotatable bonds is 4. The number of nitrogens with two attached hydrogens (primary N) is 1. The van der Waals surface area contributed by atoms with E-state index in [0.29, 0.717) is 5.95 Å². The van der Waals surface area contributed by atoms with Gasteiger partial charge in [-0.2, -0.15) is 15.2 Å². The second kappa shape index (κ2) is 5.69. The Morgan fingerprint density at radius 3 is 2.83 bits per heavy atom. The summed E-state index contributed by atoms with van der Waals surface area (Å²) in [6.07, 6.45) is 2.74. The molecule has 0 radical (unpaired) electrons. The van der Waals surface area contributed by atoms with E-state index in [1.54, 1.807) is 7.05 Å². The Balaban J connectivity index is 2.09. The van der Waals surface area contributed by atoms with Crippen LogP contribution in [0, 0.1) is 5.82 Å². The fourth-order valence-electron chi connectivity index (χ4n) is 2.00. The second-order valence-corrected chi connectivity index (χ2v) is 5.01. The van der Waals surface area contributed by atoms with Gasteiger partial charge in [-0.05, 0) is 12.1 Å². The summed E-state index contributed by atoms with van der Waals surface area (Å²) in [4.78, 5) is 15.6. The average Bonchev–Trinajstić information content (AvgIpc) is 3.07. The highest BCUT2D eigenvalue weighted by molar-refractivity contribution is 6.32. The maximum atomic E-state index is 14.0. The van der Waals surface area contributed by atoms with Gasteiger partial charge in [-0.15, -0.1) is 0 Å². The van der Waals surface area contributed by atoms with E-state index in [-0.39, 0.29) is 22.1 Å². The van der Waals surface area contributed by atoms with Crippen molar-refractivity contribution in [1.82, 2.24) is 24.5 Å². The first kappa shape index (κ1) is 15.0. The number of benzene rings is 1. The van der Waals surface area contributed by atoms with Crippen LogP contribution in [0.15, 0.2) is 30.7 Å². The molecule has 3 rings (SSSR count). The van der Waals surface area contributed by atoms with Gasteiger partial charge in [0.25, 0.3) is 5.91 Å². The number of nitrogens with one attached hydrogen (secondary N) is 1. The largest absolute Gasteiger partial charge is 0.364 e. The molecule has 23 heavy (non-hydrogen) atoms. The van der Waals surface area contributed by atoms with Crippen molar-refractivity contribution in [1.29, 1.82) is 0 Å². The lowest BCUT2D eigenvalue weighted by Gasteiger charge is -2.05. The Morgan fingerprint density at radius 2 is 2.22 bits per heavy atom. The molecule has 10 heteroatoms. The van der Waals surface area contributed by atoms with Crippen molar-refractivity contribution >= 4 is 29.1 Å². The van der Waals surface area contributed by atoms with Gasteiger partial charge in [-0.25, -0.2) is 13.8 Å². The molecule has 0 aliphatic heterocycles. The Bertz CT molecular complexity index is 868. The number of nitrogens with zero attached hydrogens (tertiary/aromatic N) is 5. The monoisotopic (exact) mass is 335 g/mol. The summed E-state index contributed by atoms with van der Waals surface area (Å²) in [6, 6.07) is 4.22. The quantitative estimate of drug-likeness (QED) is 0.754. The predicted molar refractivity (Wildman–Crippen MR) is 81.3 cm³/mol. The molecule has 2 heterocycles. The highest BCUT2D eigenvalue weighted by atomic mass is 35.5. The van der Waals surface area contributed by atoms with Gasteiger partial charge >= 0.3 is 0 Å². The van der Waals surface area contributed by atoms with Crippen LogP contribution in [0.2, 0.25) is 5.02 Å². The summed E-state index contributed by atoms with van der Waals surface area (Å²) >= 11 is 6.01. The Kier molecular flexibility index (Phi) is 3.70. The summed E-state index contributed by atoms with van der Waals surface area (Å²) in [5.41, 5.74) is 5.52. The third kappa shape index (κ3) is 2.73. The normalized spacial score (nSPS) is 10.7. The van der Waals surface area contributed by atoms with Crippen LogP contribution in [0.4, 0.5) is 16.0 Å². The molecule has 1 aromatic carbocycles. The molecule has 1 amide bonds. The van der Waals surface area contributed by atoms with Crippen molar-refractivity contribution in [2.24, 2.45) is 12.8 Å². The first-order valence-electron chi connectivity index (χ1n) is 6.42. The van der Waals surface area contributed by atoms with Gasteiger partial charge in [-0.3, -0.25) is 4.79 Å². The molecule has 2 aromatic heterocycles. The minimum absolute atomic E-state index is 0.0164. The van der Waals surface area contributed by atoms with Gasteiger partial charge in [0.2, 0.25) is 5.95 Å². The molecule has 8 nitrogen and oxygen atoms in total. The topological polar surface area (TPSA) is 104 Å². The first-order valence-corrected chi connectivity index (χ1v) is 6.80. The van der Waals surface area contributed by atoms with E-state index in [2.05, 4.69) is 20.5 Å². The zero-order valence-corrected chi connectivity index (χ0v) is 12.6. The maximum Gasteiger partial charge on any atom is 0.271 e. The molecule has 0 atom stereocenters. The van der Waals surface area contributed by atoms with E-state index < -0.39 is 11.7 Å². The second-order valence-electron chi connectivity index (χ2n) is 4.60. The smallest absolute Gasteiger partial charge is 0.271 e. The molecule has 3 N–H and O–H groups in total. The van der Waals surface area contributed by atoms with Crippen molar-refractivity contribution in [3.05, 3.63) is 47.3 Å². The fraction of sp³-hybridized carbons (Fsp3) is 0.0769. The number of carbonyl (C=O) groups excluding carboxylic acids is 1. The third-order valence-corrected chi connectivity index (χ3v) is 3.38. The Hall–Kier alpha value is -2.94. The number of carbonyl (C=O) groups is 1. The first-order chi connectivity index (χ1) is 11.0. The van der Waals surface area contributed by atoms with Gasteiger partial charge in [0, 0.05) is 7.05 Å². The van der Waals surface area contributed by atoms with Crippen molar-refractivity contribution in [2.45, 2.75) is 0 Å². The number of halogens is 2. The predicted octanol–water partition coefficient (Wildman–Crippen LogP) is 1.64. The molecular weight excluding hydrogens is 325 g/mol. The van der Waals surface area contributed by atoms with Crippen molar-refractivity contribution < 1.29 is 9.18 Å². The summed E-state index contributed by atoms with van der Waals surface area (Å²) in [7, 11) is 1.66. The molecule has 0 fully saturated rings. The maximum absolute atomic E-state index is 14.0. The van der Waals surface area contributed by atoms with Crippen LogP contribution in [-0.2, 0) is 7.05 Å². The van der Waals surface area contributed by atoms with Gasteiger partial charge in [0.1, 0.15) is 17.8 Å². The molecule has 118 valence electrons. The van der Waals surface area contributed by atoms with Crippen LogP contribution >= 0.6 is 11.6 Å². The number of hydrogen-bond acceptors (Lipinski definition) is 5. The highest BCUT2D eigenvalue weighted by Crippen LogP contribution is 2.26. The summed E-state index contributed by atoms with van der Waals surface area (Å²) in [5.74, 6) is -0.992. The van der Waals surface area contributed by atoms with E-state index in [1.165, 1.54) is 35.4 Å².